The van der Waals surface area contributed by atoms with Crippen LogP contribution in [-0.4, -0.2) is 16.9 Å². The number of anilines is 1. The number of amides is 1. The van der Waals surface area contributed by atoms with Crippen LogP contribution in [0.25, 0.3) is 11.3 Å². The van der Waals surface area contributed by atoms with Crippen molar-refractivity contribution in [3.05, 3.63) is 34.1 Å². The van der Waals surface area contributed by atoms with Gasteiger partial charge in [-0.3, -0.25) is 4.79 Å². The lowest BCUT2D eigenvalue weighted by molar-refractivity contribution is -0.313. The van der Waals surface area contributed by atoms with Crippen LogP contribution < -0.4 is 10.4 Å². The van der Waals surface area contributed by atoms with E-state index < -0.39 is 17.8 Å². The maximum absolute atomic E-state index is 12.4. The van der Waals surface area contributed by atoms with Gasteiger partial charge in [-0.25, -0.2) is 4.98 Å². The van der Waals surface area contributed by atoms with E-state index in [2.05, 4.69) is 26.2 Å². The molecule has 1 aromatic heterocycles. The second-order valence-corrected chi connectivity index (χ2v) is 7.62. The van der Waals surface area contributed by atoms with Crippen LogP contribution >= 0.6 is 27.3 Å². The van der Waals surface area contributed by atoms with Gasteiger partial charge in [-0.15, -0.1) is 11.3 Å². The van der Waals surface area contributed by atoms with Crippen molar-refractivity contribution in [3.63, 3.8) is 0 Å². The molecule has 2 atom stereocenters. The third-order valence-electron chi connectivity index (χ3n) is 4.28. The fourth-order valence-electron chi connectivity index (χ4n) is 3.01. The van der Waals surface area contributed by atoms with Crippen LogP contribution in [0.5, 0.6) is 0 Å². The smallest absolute Gasteiger partial charge is 0.229 e. The molecule has 1 heterocycles. The number of hydrogen-bond donors (Lipinski definition) is 1. The first-order valence-electron chi connectivity index (χ1n) is 7.78. The highest BCUT2D eigenvalue weighted by Crippen LogP contribution is 2.32. The second kappa shape index (κ2) is 7.44. The monoisotopic (exact) mass is 407 g/mol. The van der Waals surface area contributed by atoms with Gasteiger partial charge in [0.1, 0.15) is 0 Å². The summed E-state index contributed by atoms with van der Waals surface area (Å²) in [5.41, 5.74) is 1.74. The van der Waals surface area contributed by atoms with Gasteiger partial charge in [0.2, 0.25) is 5.91 Å². The first-order chi connectivity index (χ1) is 11.5. The molecule has 1 saturated carbocycles. The Labute approximate surface area is 152 Å². The molecular weight excluding hydrogens is 392 g/mol. The molecule has 7 heteroatoms. The molecule has 0 radical (unpaired) electrons. The molecule has 5 nitrogen and oxygen atoms in total. The highest BCUT2D eigenvalue weighted by Gasteiger charge is 2.32. The van der Waals surface area contributed by atoms with E-state index in [1.807, 2.05) is 29.6 Å². The topological polar surface area (TPSA) is 82.1 Å². The summed E-state index contributed by atoms with van der Waals surface area (Å²) in [5, 5.41) is 16.4. The lowest BCUT2D eigenvalue weighted by Crippen LogP contribution is -2.42. The number of hydrogen-bond acceptors (Lipinski definition) is 5. The molecule has 1 fully saturated rings. The zero-order valence-corrected chi connectivity index (χ0v) is 15.2. The van der Waals surface area contributed by atoms with Crippen LogP contribution in [-0.2, 0) is 9.59 Å². The minimum atomic E-state index is -1.13. The predicted molar refractivity (Wildman–Crippen MR) is 94.3 cm³/mol. The third kappa shape index (κ3) is 3.84. The maximum atomic E-state index is 12.4. The predicted octanol–water partition coefficient (Wildman–Crippen LogP) is 3.07. The van der Waals surface area contributed by atoms with Crippen molar-refractivity contribution >= 4 is 44.3 Å². The van der Waals surface area contributed by atoms with Gasteiger partial charge < -0.3 is 15.2 Å². The summed E-state index contributed by atoms with van der Waals surface area (Å²) >= 11 is 4.72. The highest BCUT2D eigenvalue weighted by atomic mass is 79.9. The minimum absolute atomic E-state index is 0.277. The molecule has 126 valence electrons. The average molecular weight is 408 g/mol. The summed E-state index contributed by atoms with van der Waals surface area (Å²) in [5.74, 6) is -2.65. The number of carbonyl (C=O) groups is 2. The number of aliphatic carboxylic acids is 1. The molecule has 0 bridgehead atoms. The number of rotatable bonds is 4. The van der Waals surface area contributed by atoms with E-state index in [4.69, 9.17) is 0 Å². The van der Waals surface area contributed by atoms with Crippen LogP contribution in [0.3, 0.4) is 0 Å². The largest absolute Gasteiger partial charge is 0.550 e. The normalized spacial score (nSPS) is 20.5. The lowest BCUT2D eigenvalue weighted by Gasteiger charge is -2.30. The number of halogens is 1. The molecule has 0 aliphatic heterocycles. The van der Waals surface area contributed by atoms with Crippen molar-refractivity contribution in [1.82, 2.24) is 4.98 Å². The molecule has 0 spiro atoms. The lowest BCUT2D eigenvalue weighted by atomic mass is 9.79. The Hall–Kier alpha value is -1.73. The van der Waals surface area contributed by atoms with Crippen LogP contribution in [0, 0.1) is 11.8 Å². The maximum Gasteiger partial charge on any atom is 0.229 e. The van der Waals surface area contributed by atoms with E-state index in [0.717, 1.165) is 28.6 Å². The Kier molecular flexibility index (Phi) is 5.30. The SMILES string of the molecule is O=C(Nc1nc(-c2ccc(Br)cc2)cs1)[C@H]1CCCC[C@H]1C(=O)[O-]. The van der Waals surface area contributed by atoms with Crippen molar-refractivity contribution in [3.8, 4) is 11.3 Å². The number of thiazole rings is 1. The molecule has 1 amide bonds. The van der Waals surface area contributed by atoms with Gasteiger partial charge in [0, 0.05) is 33.2 Å². The van der Waals surface area contributed by atoms with E-state index in [9.17, 15) is 14.7 Å². The Bertz CT molecular complexity index is 745. The zero-order valence-electron chi connectivity index (χ0n) is 12.8. The molecular formula is C17H16BrN2O3S-. The van der Waals surface area contributed by atoms with Crippen molar-refractivity contribution in [2.24, 2.45) is 11.8 Å². The van der Waals surface area contributed by atoms with Crippen LogP contribution in [0.4, 0.5) is 5.13 Å². The van der Waals surface area contributed by atoms with Crippen LogP contribution in [0.15, 0.2) is 34.1 Å². The second-order valence-electron chi connectivity index (χ2n) is 5.85. The van der Waals surface area contributed by atoms with Gasteiger partial charge in [0.25, 0.3) is 0 Å². The van der Waals surface area contributed by atoms with Crippen molar-refractivity contribution in [1.29, 1.82) is 0 Å². The standard InChI is InChI=1S/C17H17BrN2O3S/c18-11-7-5-10(6-8-11)14-9-24-17(19-14)20-15(21)12-3-1-2-4-13(12)16(22)23/h5-9,12-13H,1-4H2,(H,22,23)(H,19,20,21)/p-1/t12-,13+/m0/s1. The quantitative estimate of drug-likeness (QED) is 0.843. The molecule has 1 aliphatic rings. The van der Waals surface area contributed by atoms with Gasteiger partial charge in [0.15, 0.2) is 5.13 Å². The Balaban J connectivity index is 1.70. The fourth-order valence-corrected chi connectivity index (χ4v) is 4.00. The number of benzene rings is 1. The minimum Gasteiger partial charge on any atom is -0.550 e. The third-order valence-corrected chi connectivity index (χ3v) is 5.57. The van der Waals surface area contributed by atoms with Gasteiger partial charge in [-0.2, -0.15) is 0 Å². The molecule has 1 aliphatic carbocycles. The number of carboxylic acids is 1. The van der Waals surface area contributed by atoms with Gasteiger partial charge in [-0.1, -0.05) is 40.9 Å². The summed E-state index contributed by atoms with van der Waals surface area (Å²) < 4.78 is 0.987. The number of nitrogens with zero attached hydrogens (tertiary/aromatic N) is 1. The summed E-state index contributed by atoms with van der Waals surface area (Å²) in [6, 6.07) is 7.74. The fraction of sp³-hybridized carbons (Fsp3) is 0.353. The van der Waals surface area contributed by atoms with Crippen LogP contribution in [0.2, 0.25) is 0 Å². The summed E-state index contributed by atoms with van der Waals surface area (Å²) in [6.07, 6.45) is 2.77. The van der Waals surface area contributed by atoms with Gasteiger partial charge in [0.05, 0.1) is 5.69 Å². The van der Waals surface area contributed by atoms with Crippen LogP contribution in [0.1, 0.15) is 25.7 Å². The summed E-state index contributed by atoms with van der Waals surface area (Å²) in [6.45, 7) is 0. The molecule has 0 saturated heterocycles. The van der Waals surface area contributed by atoms with E-state index in [-0.39, 0.29) is 5.91 Å². The first kappa shape index (κ1) is 17.1. The van der Waals surface area contributed by atoms with Crippen molar-refractivity contribution in [2.75, 3.05) is 5.32 Å². The van der Waals surface area contributed by atoms with E-state index in [0.29, 0.717) is 18.0 Å². The molecule has 1 N–H and O–H groups in total. The number of nitrogens with one attached hydrogen (secondary N) is 1. The van der Waals surface area contributed by atoms with E-state index >= 15 is 0 Å². The molecule has 1 aromatic carbocycles. The summed E-state index contributed by atoms with van der Waals surface area (Å²) in [7, 11) is 0. The number of aromatic nitrogens is 1. The summed E-state index contributed by atoms with van der Waals surface area (Å²) in [4.78, 5) is 28.1. The number of carbonyl (C=O) groups excluding carboxylic acids is 2. The van der Waals surface area contributed by atoms with Crippen molar-refractivity contribution < 1.29 is 14.7 Å². The Morgan fingerprint density at radius 2 is 1.83 bits per heavy atom. The Morgan fingerprint density at radius 1 is 1.17 bits per heavy atom. The molecule has 24 heavy (non-hydrogen) atoms. The zero-order chi connectivity index (χ0) is 17.1. The Morgan fingerprint density at radius 3 is 2.50 bits per heavy atom. The van der Waals surface area contributed by atoms with E-state index in [1.165, 1.54) is 11.3 Å². The number of carboxylic acid groups (broad SMARTS) is 1. The highest BCUT2D eigenvalue weighted by molar-refractivity contribution is 9.10. The molecule has 0 unspecified atom stereocenters. The van der Waals surface area contributed by atoms with Gasteiger partial charge >= 0.3 is 0 Å². The average Bonchev–Trinajstić information content (AvgIpc) is 3.04. The van der Waals surface area contributed by atoms with E-state index in [1.54, 1.807) is 0 Å². The molecule has 2 aromatic rings. The molecule has 3 rings (SSSR count). The van der Waals surface area contributed by atoms with Crippen molar-refractivity contribution in [2.45, 2.75) is 25.7 Å². The van der Waals surface area contributed by atoms with Gasteiger partial charge in [-0.05, 0) is 25.0 Å². The first-order valence-corrected chi connectivity index (χ1v) is 9.45.